The fourth-order valence-corrected chi connectivity index (χ4v) is 2.67. The van der Waals surface area contributed by atoms with Crippen molar-refractivity contribution in [2.45, 2.75) is 37.7 Å². The minimum Gasteiger partial charge on any atom is -0.492 e. The molecule has 9 heteroatoms. The fourth-order valence-electron chi connectivity index (χ4n) is 2.67. The molecule has 0 atom stereocenters. The summed E-state index contributed by atoms with van der Waals surface area (Å²) in [6.45, 7) is 1.39. The van der Waals surface area contributed by atoms with Gasteiger partial charge in [0.15, 0.2) is 5.82 Å². The number of carbonyl (C=O) groups is 1. The van der Waals surface area contributed by atoms with Gasteiger partial charge in [-0.05, 0) is 25.0 Å². The van der Waals surface area contributed by atoms with Crippen LogP contribution in [0.1, 0.15) is 32.1 Å². The Labute approximate surface area is 157 Å². The van der Waals surface area contributed by atoms with Crippen LogP contribution in [0.3, 0.4) is 0 Å². The van der Waals surface area contributed by atoms with Gasteiger partial charge in [0.05, 0.1) is 26.0 Å². The monoisotopic (exact) mass is 376 g/mol. The summed E-state index contributed by atoms with van der Waals surface area (Å²) >= 11 is 0. The second-order valence-corrected chi connectivity index (χ2v) is 6.45. The lowest BCUT2D eigenvalue weighted by Crippen LogP contribution is -2.58. The second kappa shape index (κ2) is 9.43. The first-order valence-corrected chi connectivity index (χ1v) is 9.09. The van der Waals surface area contributed by atoms with Gasteiger partial charge in [-0.15, -0.1) is 0 Å². The highest BCUT2D eigenvalue weighted by molar-refractivity contribution is 5.78. The van der Waals surface area contributed by atoms with E-state index in [4.69, 9.17) is 19.3 Å². The number of unbranched alkanes of at least 4 members (excludes halogenated alkanes) is 4. The first-order valence-electron chi connectivity index (χ1n) is 9.09. The van der Waals surface area contributed by atoms with E-state index in [0.29, 0.717) is 19.0 Å². The quantitative estimate of drug-likeness (QED) is 0.559. The summed E-state index contributed by atoms with van der Waals surface area (Å²) < 4.78 is 17.7. The predicted octanol–water partition coefficient (Wildman–Crippen LogP) is 1.86. The van der Waals surface area contributed by atoms with Crippen molar-refractivity contribution in [2.24, 2.45) is 0 Å². The summed E-state index contributed by atoms with van der Waals surface area (Å²) in [4.78, 5) is 19.3. The Morgan fingerprint density at radius 1 is 1.19 bits per heavy atom. The zero-order valence-corrected chi connectivity index (χ0v) is 15.1. The van der Waals surface area contributed by atoms with Crippen molar-refractivity contribution < 1.29 is 24.1 Å². The van der Waals surface area contributed by atoms with E-state index >= 15 is 0 Å². The maximum Gasteiger partial charge on any atom is 0.340 e. The third-order valence-electron chi connectivity index (χ3n) is 4.37. The lowest BCUT2D eigenvalue weighted by molar-refractivity contribution is -0.224. The molecule has 1 aliphatic rings. The Morgan fingerprint density at radius 2 is 1.96 bits per heavy atom. The van der Waals surface area contributed by atoms with Crippen LogP contribution in [-0.2, 0) is 14.3 Å². The molecular weight excluding hydrogens is 352 g/mol. The molecule has 2 aromatic rings. The highest BCUT2D eigenvalue weighted by atomic mass is 16.6. The Kier molecular flexibility index (Phi) is 6.72. The summed E-state index contributed by atoms with van der Waals surface area (Å²) in [6.07, 6.45) is 9.66. The molecule has 1 saturated heterocycles. The number of carboxylic acids is 1. The number of hydrogen-bond acceptors (Lipinski definition) is 7. The van der Waals surface area contributed by atoms with Gasteiger partial charge in [-0.1, -0.05) is 19.3 Å². The number of nitrogens with zero attached hydrogens (tertiary/aromatic N) is 4. The number of hydrogen-bond donors (Lipinski definition) is 1. The molecule has 0 spiro atoms. The van der Waals surface area contributed by atoms with Crippen LogP contribution in [-0.4, -0.2) is 62.9 Å². The minimum atomic E-state index is -1.11. The molecule has 9 nitrogen and oxygen atoms in total. The molecule has 0 unspecified atom stereocenters. The molecule has 1 aliphatic heterocycles. The van der Waals surface area contributed by atoms with Gasteiger partial charge in [-0.3, -0.25) is 0 Å². The van der Waals surface area contributed by atoms with Crippen molar-refractivity contribution in [1.82, 2.24) is 19.7 Å². The molecule has 1 N–H and O–H groups in total. The zero-order chi connectivity index (χ0) is 19.0. The van der Waals surface area contributed by atoms with Gasteiger partial charge in [0.25, 0.3) is 0 Å². The van der Waals surface area contributed by atoms with Crippen LogP contribution in [0.4, 0.5) is 0 Å². The molecule has 27 heavy (non-hydrogen) atoms. The maximum atomic E-state index is 11.1. The standard InChI is InChI=1S/C18H24N4O5/c23-17(24)18(11-25-12-18)27-9-5-3-1-2-4-8-26-15-6-7-16(20-10-15)22-14-19-13-21-22/h6-7,10,13-14H,1-5,8-9,11-12H2,(H,23,24). The van der Waals surface area contributed by atoms with Crippen LogP contribution in [0.25, 0.3) is 5.82 Å². The summed E-state index contributed by atoms with van der Waals surface area (Å²) in [6, 6.07) is 3.70. The van der Waals surface area contributed by atoms with Crippen LogP contribution in [0, 0.1) is 0 Å². The van der Waals surface area contributed by atoms with Crippen LogP contribution in [0.2, 0.25) is 0 Å². The molecule has 0 amide bonds. The maximum absolute atomic E-state index is 11.1. The van der Waals surface area contributed by atoms with Crippen LogP contribution in [0.15, 0.2) is 31.0 Å². The van der Waals surface area contributed by atoms with Crippen LogP contribution >= 0.6 is 0 Å². The summed E-state index contributed by atoms with van der Waals surface area (Å²) in [7, 11) is 0. The number of aliphatic carboxylic acids is 1. The Balaban J connectivity index is 1.21. The van der Waals surface area contributed by atoms with Crippen molar-refractivity contribution >= 4 is 5.97 Å². The van der Waals surface area contributed by atoms with Gasteiger partial charge in [0.1, 0.15) is 18.4 Å². The Hall–Kier alpha value is -2.52. The van der Waals surface area contributed by atoms with E-state index in [1.54, 1.807) is 17.2 Å². The SMILES string of the molecule is O=C(O)C1(OCCCCCCCOc2ccc(-n3cncn3)nc2)COC1. The van der Waals surface area contributed by atoms with Crippen molar-refractivity contribution in [1.29, 1.82) is 0 Å². The van der Waals surface area contributed by atoms with E-state index in [0.717, 1.165) is 37.9 Å². The average Bonchev–Trinajstić information content (AvgIpc) is 3.17. The molecule has 3 rings (SSSR count). The zero-order valence-electron chi connectivity index (χ0n) is 15.1. The Morgan fingerprint density at radius 3 is 2.56 bits per heavy atom. The largest absolute Gasteiger partial charge is 0.492 e. The molecule has 3 heterocycles. The lowest BCUT2D eigenvalue weighted by atomic mass is 10.0. The van der Waals surface area contributed by atoms with E-state index in [2.05, 4.69) is 15.1 Å². The van der Waals surface area contributed by atoms with Gasteiger partial charge in [0.2, 0.25) is 5.60 Å². The molecule has 0 radical (unpaired) electrons. The molecular formula is C18H24N4O5. The minimum absolute atomic E-state index is 0.147. The molecule has 0 aliphatic carbocycles. The number of aromatic nitrogens is 4. The number of pyridine rings is 1. The summed E-state index contributed by atoms with van der Waals surface area (Å²) in [5.74, 6) is 0.490. The summed E-state index contributed by atoms with van der Waals surface area (Å²) in [5, 5.41) is 13.1. The van der Waals surface area contributed by atoms with E-state index in [1.807, 2.05) is 12.1 Å². The van der Waals surface area contributed by atoms with Crippen molar-refractivity contribution in [2.75, 3.05) is 26.4 Å². The smallest absolute Gasteiger partial charge is 0.340 e. The van der Waals surface area contributed by atoms with Crippen LogP contribution < -0.4 is 4.74 Å². The Bertz CT molecular complexity index is 701. The third kappa shape index (κ3) is 5.24. The highest BCUT2D eigenvalue weighted by Gasteiger charge is 2.47. The fraction of sp³-hybridized carbons (Fsp3) is 0.556. The van der Waals surface area contributed by atoms with Gasteiger partial charge in [-0.25, -0.2) is 19.4 Å². The molecule has 146 valence electrons. The number of ether oxygens (including phenoxy) is 3. The van der Waals surface area contributed by atoms with Crippen molar-refractivity contribution in [3.05, 3.63) is 31.0 Å². The second-order valence-electron chi connectivity index (χ2n) is 6.45. The third-order valence-corrected chi connectivity index (χ3v) is 4.37. The lowest BCUT2D eigenvalue weighted by Gasteiger charge is -2.36. The summed E-state index contributed by atoms with van der Waals surface area (Å²) in [5.41, 5.74) is -1.11. The van der Waals surface area contributed by atoms with Gasteiger partial charge in [0, 0.05) is 6.61 Å². The molecule has 0 bridgehead atoms. The van der Waals surface area contributed by atoms with Gasteiger partial charge in [-0.2, -0.15) is 5.10 Å². The van der Waals surface area contributed by atoms with Gasteiger partial charge < -0.3 is 19.3 Å². The molecule has 1 fully saturated rings. The highest BCUT2D eigenvalue weighted by Crippen LogP contribution is 2.22. The van der Waals surface area contributed by atoms with Crippen molar-refractivity contribution in [3.63, 3.8) is 0 Å². The topological polar surface area (TPSA) is 109 Å². The number of rotatable bonds is 12. The molecule has 0 aromatic carbocycles. The molecule has 0 saturated carbocycles. The van der Waals surface area contributed by atoms with E-state index in [1.165, 1.54) is 6.33 Å². The number of carboxylic acid groups (broad SMARTS) is 1. The first kappa shape index (κ1) is 19.2. The average molecular weight is 376 g/mol. The predicted molar refractivity (Wildman–Crippen MR) is 94.9 cm³/mol. The van der Waals surface area contributed by atoms with E-state index in [-0.39, 0.29) is 13.2 Å². The molecule has 2 aromatic heterocycles. The van der Waals surface area contributed by atoms with Gasteiger partial charge >= 0.3 is 5.97 Å². The van der Waals surface area contributed by atoms with Crippen LogP contribution in [0.5, 0.6) is 5.75 Å². The van der Waals surface area contributed by atoms with E-state index < -0.39 is 11.6 Å². The normalized spacial score (nSPS) is 15.3. The van der Waals surface area contributed by atoms with E-state index in [9.17, 15) is 4.79 Å². The van der Waals surface area contributed by atoms with Crippen molar-refractivity contribution in [3.8, 4) is 11.6 Å². The first-order chi connectivity index (χ1) is 13.2.